The lowest BCUT2D eigenvalue weighted by Crippen LogP contribution is -2.55. The third-order valence-electron chi connectivity index (χ3n) is 13.5. The van der Waals surface area contributed by atoms with Crippen molar-refractivity contribution in [3.8, 4) is 11.1 Å². The van der Waals surface area contributed by atoms with E-state index in [1.54, 1.807) is 55.5 Å². The lowest BCUT2D eigenvalue weighted by atomic mass is 9.83. The first-order chi connectivity index (χ1) is 36.0. The van der Waals surface area contributed by atoms with Gasteiger partial charge < -0.3 is 36.0 Å². The standard InChI is InChI=1S/C53H65N9O10P2S/c1-3-17-42(47(59-60-51(68)58-53(73)74)49(66)54-29-44(64)56-45(32(2)63)33-18-7-4-8-19-33)55-48(65)43-28-35(61-75(70,71)36-22-11-6-12-23-36)30-62(43)50(67)46(34-20-9-5-10-21-34)57-52(69)72-31-41-39-26-15-13-24-37(39)38-25-14-16-27-40(38)41/h4,6-8,11-16,18-19,22-27,34-35,41-43,45-46,53,61H,3,5,9-10,17,20-21,28-31,73-74H2,1-2H3,(H,54,66)(H,55,65)(H,56,64)(H,57,69)(H2,58,60,68)/p-1/t35-,42+,43?,45-,46+/m1/s1. The predicted octanol–water partition coefficient (Wildman–Crippen LogP) is 3.97. The highest BCUT2D eigenvalue weighted by atomic mass is 32.2. The molecule has 1 heterocycles. The molecule has 0 bridgehead atoms. The Labute approximate surface area is 441 Å². The van der Waals surface area contributed by atoms with Crippen LogP contribution in [0.4, 0.5) is 4.79 Å². The number of hydrogen-bond acceptors (Lipinski definition) is 12. The molecule has 6 amide bonds. The number of amides is 6. The number of fused-ring (bicyclic) bond motifs is 3. The molecule has 6 N–H and O–H groups in total. The van der Waals surface area contributed by atoms with E-state index < -0.39 is 99.7 Å². The summed E-state index contributed by atoms with van der Waals surface area (Å²) in [4.78, 5) is 88.5. The van der Waals surface area contributed by atoms with Gasteiger partial charge in [-0.25, -0.2) is 23.4 Å². The van der Waals surface area contributed by atoms with Crippen molar-refractivity contribution in [2.75, 3.05) is 19.7 Å². The van der Waals surface area contributed by atoms with Gasteiger partial charge in [0.1, 0.15) is 29.9 Å². The zero-order valence-electron chi connectivity index (χ0n) is 41.8. The first-order valence-corrected chi connectivity index (χ1v) is 27.9. The molecule has 398 valence electrons. The molecule has 2 fully saturated rings. The van der Waals surface area contributed by atoms with Crippen molar-refractivity contribution in [2.45, 2.75) is 112 Å². The van der Waals surface area contributed by atoms with E-state index in [4.69, 9.17) is 4.74 Å². The van der Waals surface area contributed by atoms with Crippen LogP contribution in [0.2, 0.25) is 0 Å². The van der Waals surface area contributed by atoms with Crippen LogP contribution in [0.1, 0.15) is 93.9 Å². The summed E-state index contributed by atoms with van der Waals surface area (Å²) in [5, 5.41) is 28.5. The van der Waals surface area contributed by atoms with Crippen LogP contribution in [-0.2, 0) is 38.7 Å². The molecule has 3 aliphatic rings. The van der Waals surface area contributed by atoms with Crippen molar-refractivity contribution in [2.24, 2.45) is 16.0 Å². The van der Waals surface area contributed by atoms with Gasteiger partial charge in [-0.05, 0) is 78.5 Å². The molecule has 1 saturated heterocycles. The third-order valence-corrected chi connectivity index (χ3v) is 15.3. The fourth-order valence-electron chi connectivity index (χ4n) is 9.97. The van der Waals surface area contributed by atoms with Gasteiger partial charge in [-0.15, -0.1) is 18.5 Å². The molecule has 22 heteroatoms. The molecule has 7 rings (SSSR count). The number of ketones is 1. The van der Waals surface area contributed by atoms with Crippen molar-refractivity contribution in [1.29, 1.82) is 0 Å². The van der Waals surface area contributed by atoms with E-state index in [0.717, 1.165) is 41.5 Å². The number of carbonyl (C=O) groups is 6. The molecule has 4 aromatic carbocycles. The maximum Gasteiger partial charge on any atom is 0.335 e. The number of urea groups is 1. The summed E-state index contributed by atoms with van der Waals surface area (Å²) in [5.41, 5.74) is 5.96. The lowest BCUT2D eigenvalue weighted by Gasteiger charge is -2.33. The van der Waals surface area contributed by atoms with Crippen molar-refractivity contribution < 1.29 is 47.0 Å². The van der Waals surface area contributed by atoms with Gasteiger partial charge in [-0.3, -0.25) is 29.0 Å². The number of sulfonamides is 1. The monoisotopic (exact) mass is 1080 g/mol. The number of ether oxygens (including phenoxy) is 1. The summed E-state index contributed by atoms with van der Waals surface area (Å²) in [6, 6.07) is 25.2. The quantitative estimate of drug-likeness (QED) is 0.0303. The predicted molar refractivity (Wildman–Crippen MR) is 288 cm³/mol. The SMILES string of the molecule is CCC[C@H](NC(=O)C1C[C@@H](NS(=O)(=O)c2ccccc2)CN1C(=O)[C@@H](N=C([O-])OCC1c2ccccc2-c2ccccc21)C1CCCCC1)C(=NNC(=O)NC(P)P)C(=O)NCC(=O)N[C@H](C(C)=O)c1ccccc1. The maximum atomic E-state index is 15.2. The molecule has 0 aromatic heterocycles. The first kappa shape index (κ1) is 56.1. The minimum atomic E-state index is -4.17. The molecule has 0 radical (unpaired) electrons. The van der Waals surface area contributed by atoms with Crippen LogP contribution in [-0.4, -0.2) is 110 Å². The van der Waals surface area contributed by atoms with Gasteiger partial charge in [0.25, 0.3) is 5.91 Å². The Morgan fingerprint density at radius 1 is 0.813 bits per heavy atom. The fourth-order valence-corrected chi connectivity index (χ4v) is 11.5. The summed E-state index contributed by atoms with van der Waals surface area (Å²) >= 11 is 0. The summed E-state index contributed by atoms with van der Waals surface area (Å²) in [7, 11) is 0.524. The number of hydrazone groups is 1. The van der Waals surface area contributed by atoms with Gasteiger partial charge in [0.05, 0.1) is 23.0 Å². The van der Waals surface area contributed by atoms with E-state index in [1.807, 2.05) is 48.5 Å². The number of aliphatic imine (C=N–C) groups is 1. The second-order valence-electron chi connectivity index (χ2n) is 18.8. The first-order valence-electron chi connectivity index (χ1n) is 25.1. The molecule has 4 aromatic rings. The molecule has 7 atom stereocenters. The molecule has 0 spiro atoms. The Hall–Kier alpha value is -6.59. The van der Waals surface area contributed by atoms with Gasteiger partial charge in [-0.1, -0.05) is 130 Å². The zero-order chi connectivity index (χ0) is 53.6. The van der Waals surface area contributed by atoms with Gasteiger partial charge >= 0.3 is 6.03 Å². The molecule has 1 saturated carbocycles. The normalized spacial score (nSPS) is 18.2. The number of nitrogens with one attached hydrogen (secondary N) is 6. The van der Waals surface area contributed by atoms with Crippen molar-refractivity contribution in [3.05, 3.63) is 126 Å². The number of hydrogen-bond donors (Lipinski definition) is 6. The van der Waals surface area contributed by atoms with Gasteiger partial charge in [0, 0.05) is 25.1 Å². The third kappa shape index (κ3) is 14.6. The van der Waals surface area contributed by atoms with E-state index in [2.05, 4.69) is 60.0 Å². The summed E-state index contributed by atoms with van der Waals surface area (Å²) < 4.78 is 36.1. The average molecular weight is 1080 g/mol. The minimum Gasteiger partial charge on any atom is -0.599 e. The Morgan fingerprint density at radius 2 is 1.43 bits per heavy atom. The molecule has 3 unspecified atom stereocenters. The molecular weight excluding hydrogens is 1020 g/mol. The lowest BCUT2D eigenvalue weighted by molar-refractivity contribution is -0.251. The molecular formula is C53H64N9O10P2S-. The van der Waals surface area contributed by atoms with Crippen LogP contribution in [0.5, 0.6) is 0 Å². The van der Waals surface area contributed by atoms with Crippen molar-refractivity contribution in [1.82, 2.24) is 36.3 Å². The van der Waals surface area contributed by atoms with E-state index >= 15 is 4.79 Å². The highest BCUT2D eigenvalue weighted by molar-refractivity contribution is 7.89. The molecule has 2 aliphatic carbocycles. The van der Waals surface area contributed by atoms with Gasteiger partial charge in [0.2, 0.25) is 27.7 Å². The number of rotatable bonds is 21. The molecule has 1 aliphatic heterocycles. The van der Waals surface area contributed by atoms with Crippen molar-refractivity contribution >= 4 is 75.7 Å². The van der Waals surface area contributed by atoms with E-state index in [-0.39, 0.29) is 42.6 Å². The number of likely N-dealkylation sites (tertiary alicyclic amines) is 1. The van der Waals surface area contributed by atoms with E-state index in [1.165, 1.54) is 24.0 Å². The number of carbonyl (C=O) groups excluding carboxylic acids is 6. The molecule has 19 nitrogen and oxygen atoms in total. The summed E-state index contributed by atoms with van der Waals surface area (Å²) in [6.07, 6.45) is 2.84. The number of Topliss-reactive ketones (excluding diaryl/α,β-unsaturated/α-hetero) is 1. The zero-order valence-corrected chi connectivity index (χ0v) is 44.9. The summed E-state index contributed by atoms with van der Waals surface area (Å²) in [6.45, 7) is 2.15. The van der Waals surface area contributed by atoms with E-state index in [0.29, 0.717) is 24.8 Å². The topological polar surface area (TPSA) is 269 Å². The fraction of sp³-hybridized carbons (Fsp3) is 0.396. The number of benzene rings is 4. The smallest absolute Gasteiger partial charge is 0.335 e. The Kier molecular flexibility index (Phi) is 19.7. The maximum absolute atomic E-state index is 15.2. The van der Waals surface area contributed by atoms with Crippen LogP contribution in [0.3, 0.4) is 0 Å². The summed E-state index contributed by atoms with van der Waals surface area (Å²) in [5.74, 6) is -4.17. The highest BCUT2D eigenvalue weighted by Crippen LogP contribution is 2.44. The van der Waals surface area contributed by atoms with Crippen LogP contribution in [0.25, 0.3) is 11.1 Å². The van der Waals surface area contributed by atoms with Crippen LogP contribution < -0.4 is 36.5 Å². The second-order valence-corrected chi connectivity index (χ2v) is 22.7. The Bertz CT molecular complexity index is 2830. The average Bonchev–Trinajstić information content (AvgIpc) is 3.98. The molecule has 75 heavy (non-hydrogen) atoms. The van der Waals surface area contributed by atoms with Crippen LogP contribution >= 0.6 is 18.5 Å². The van der Waals surface area contributed by atoms with Crippen LogP contribution in [0, 0.1) is 5.92 Å². The highest BCUT2D eigenvalue weighted by Gasteiger charge is 2.45. The van der Waals surface area contributed by atoms with Gasteiger partial charge in [0.15, 0.2) is 5.78 Å². The van der Waals surface area contributed by atoms with E-state index in [9.17, 15) is 37.5 Å². The Balaban J connectivity index is 1.16. The Morgan fingerprint density at radius 3 is 2.04 bits per heavy atom. The van der Waals surface area contributed by atoms with Crippen LogP contribution in [0.15, 0.2) is 124 Å². The second kappa shape index (κ2) is 26.3. The minimum absolute atomic E-state index is 0.0345. The number of nitrogens with zero attached hydrogens (tertiary/aromatic N) is 3. The van der Waals surface area contributed by atoms with Crippen molar-refractivity contribution in [3.63, 3.8) is 0 Å². The van der Waals surface area contributed by atoms with Gasteiger partial charge in [-0.2, -0.15) is 5.10 Å². The largest absolute Gasteiger partial charge is 0.599 e.